The predicted octanol–water partition coefficient (Wildman–Crippen LogP) is 1.77. The van der Waals surface area contributed by atoms with Gasteiger partial charge in [0.2, 0.25) is 0 Å². The second-order valence-corrected chi connectivity index (χ2v) is 4.58. The minimum Gasteiger partial charge on any atom is -0.363 e. The van der Waals surface area contributed by atoms with Crippen molar-refractivity contribution in [2.24, 2.45) is 11.7 Å². The lowest BCUT2D eigenvalue weighted by Gasteiger charge is -2.23. The zero-order valence-corrected chi connectivity index (χ0v) is 9.87. The topological polar surface area (TPSA) is 72.4 Å². The number of anilines is 1. The van der Waals surface area contributed by atoms with Gasteiger partial charge in [-0.3, -0.25) is 10.1 Å². The summed E-state index contributed by atoms with van der Waals surface area (Å²) in [5, 5.41) is 11.0. The molecule has 2 unspecified atom stereocenters. The van der Waals surface area contributed by atoms with Crippen molar-refractivity contribution in [3.8, 4) is 0 Å². The van der Waals surface area contributed by atoms with E-state index < -0.39 is 0 Å². The third kappa shape index (κ3) is 2.24. The summed E-state index contributed by atoms with van der Waals surface area (Å²) in [5.41, 5.74) is 6.56. The molecule has 0 aliphatic carbocycles. The quantitative estimate of drug-likeness (QED) is 0.640. The summed E-state index contributed by atoms with van der Waals surface area (Å²) in [6.07, 6.45) is 1.00. The Labute approximate surface area is 100 Å². The number of hydrogen-bond acceptors (Lipinski definition) is 4. The molecule has 5 nitrogen and oxygen atoms in total. The van der Waals surface area contributed by atoms with Crippen LogP contribution in [-0.2, 0) is 0 Å². The highest BCUT2D eigenvalue weighted by Crippen LogP contribution is 2.34. The SMILES string of the molecule is CC1CC(CN)CN1c1ccccc1[N+](=O)[O-]. The van der Waals surface area contributed by atoms with Crippen LogP contribution in [0, 0.1) is 16.0 Å². The molecule has 5 heteroatoms. The van der Waals surface area contributed by atoms with E-state index in [-0.39, 0.29) is 10.6 Å². The Kier molecular flexibility index (Phi) is 3.28. The molecule has 92 valence electrons. The molecule has 1 saturated heterocycles. The first-order valence-electron chi connectivity index (χ1n) is 5.83. The van der Waals surface area contributed by atoms with Crippen LogP contribution in [0.15, 0.2) is 24.3 Å². The maximum Gasteiger partial charge on any atom is 0.292 e. The maximum atomic E-state index is 11.0. The zero-order valence-electron chi connectivity index (χ0n) is 9.87. The first kappa shape index (κ1) is 11.9. The lowest BCUT2D eigenvalue weighted by molar-refractivity contribution is -0.384. The molecule has 1 aliphatic rings. The standard InChI is InChI=1S/C12H17N3O2/c1-9-6-10(7-13)8-14(9)11-4-2-3-5-12(11)15(16)17/h2-5,9-10H,6-8,13H2,1H3. The Balaban J connectivity index is 2.31. The van der Waals surface area contributed by atoms with Gasteiger partial charge < -0.3 is 10.6 Å². The van der Waals surface area contributed by atoms with Gasteiger partial charge >= 0.3 is 0 Å². The van der Waals surface area contributed by atoms with E-state index in [1.807, 2.05) is 12.1 Å². The fraction of sp³-hybridized carbons (Fsp3) is 0.500. The summed E-state index contributed by atoms with van der Waals surface area (Å²) < 4.78 is 0. The van der Waals surface area contributed by atoms with Crippen LogP contribution >= 0.6 is 0 Å². The van der Waals surface area contributed by atoms with Gasteiger partial charge in [0, 0.05) is 18.7 Å². The van der Waals surface area contributed by atoms with Crippen molar-refractivity contribution < 1.29 is 4.92 Å². The highest BCUT2D eigenvalue weighted by molar-refractivity contribution is 5.64. The minimum atomic E-state index is -0.322. The first-order valence-corrected chi connectivity index (χ1v) is 5.83. The number of rotatable bonds is 3. The fourth-order valence-electron chi connectivity index (χ4n) is 2.51. The van der Waals surface area contributed by atoms with Gasteiger partial charge in [-0.15, -0.1) is 0 Å². The largest absolute Gasteiger partial charge is 0.363 e. The average molecular weight is 235 g/mol. The summed E-state index contributed by atoms with van der Waals surface area (Å²) in [6.45, 7) is 3.54. The fourth-order valence-corrected chi connectivity index (χ4v) is 2.51. The number of nitro benzene ring substituents is 1. The highest BCUT2D eigenvalue weighted by Gasteiger charge is 2.31. The molecule has 1 aromatic carbocycles. The third-order valence-electron chi connectivity index (χ3n) is 3.38. The molecule has 0 spiro atoms. The second kappa shape index (κ2) is 4.71. The minimum absolute atomic E-state index is 0.178. The van der Waals surface area contributed by atoms with Gasteiger partial charge in [-0.05, 0) is 31.9 Å². The summed E-state index contributed by atoms with van der Waals surface area (Å²) in [6, 6.07) is 7.21. The summed E-state index contributed by atoms with van der Waals surface area (Å²) in [7, 11) is 0. The van der Waals surface area contributed by atoms with E-state index in [0.717, 1.165) is 13.0 Å². The highest BCUT2D eigenvalue weighted by atomic mass is 16.6. The molecule has 0 amide bonds. The lowest BCUT2D eigenvalue weighted by atomic mass is 10.1. The normalized spacial score (nSPS) is 24.0. The third-order valence-corrected chi connectivity index (χ3v) is 3.38. The van der Waals surface area contributed by atoms with Gasteiger partial charge in [0.1, 0.15) is 5.69 Å². The molecule has 0 saturated carbocycles. The predicted molar refractivity (Wildman–Crippen MR) is 67.1 cm³/mol. The molecule has 0 aromatic heterocycles. The van der Waals surface area contributed by atoms with Crippen molar-refractivity contribution >= 4 is 11.4 Å². The number of nitrogens with two attached hydrogens (primary N) is 1. The number of benzene rings is 1. The van der Waals surface area contributed by atoms with Gasteiger partial charge in [0.05, 0.1) is 4.92 Å². The van der Waals surface area contributed by atoms with Gasteiger partial charge in [-0.1, -0.05) is 12.1 Å². The van der Waals surface area contributed by atoms with Gasteiger partial charge in [0.15, 0.2) is 0 Å². The summed E-state index contributed by atoms with van der Waals surface area (Å²) in [5.74, 6) is 0.435. The maximum absolute atomic E-state index is 11.0. The van der Waals surface area contributed by atoms with Crippen LogP contribution in [0.4, 0.5) is 11.4 Å². The molecule has 1 aliphatic heterocycles. The van der Waals surface area contributed by atoms with Gasteiger partial charge in [0.25, 0.3) is 5.69 Å². The van der Waals surface area contributed by atoms with Crippen molar-refractivity contribution in [1.82, 2.24) is 0 Å². The molecule has 0 radical (unpaired) electrons. The van der Waals surface area contributed by atoms with Crippen molar-refractivity contribution in [3.63, 3.8) is 0 Å². The van der Waals surface area contributed by atoms with Gasteiger partial charge in [-0.2, -0.15) is 0 Å². The van der Waals surface area contributed by atoms with Crippen LogP contribution in [0.2, 0.25) is 0 Å². The van der Waals surface area contributed by atoms with Crippen molar-refractivity contribution in [2.45, 2.75) is 19.4 Å². The van der Waals surface area contributed by atoms with Crippen LogP contribution in [0.1, 0.15) is 13.3 Å². The van der Waals surface area contributed by atoms with E-state index in [0.29, 0.717) is 24.2 Å². The monoisotopic (exact) mass is 235 g/mol. The molecule has 17 heavy (non-hydrogen) atoms. The number of nitrogens with zero attached hydrogens (tertiary/aromatic N) is 2. The molecular weight excluding hydrogens is 218 g/mol. The van der Waals surface area contributed by atoms with Crippen molar-refractivity contribution in [3.05, 3.63) is 34.4 Å². The van der Waals surface area contributed by atoms with E-state index >= 15 is 0 Å². The molecule has 1 heterocycles. The Morgan fingerprint density at radius 3 is 2.82 bits per heavy atom. The second-order valence-electron chi connectivity index (χ2n) is 4.58. The number of para-hydroxylation sites is 2. The van der Waals surface area contributed by atoms with Crippen LogP contribution in [-0.4, -0.2) is 24.1 Å². The van der Waals surface area contributed by atoms with E-state index in [1.54, 1.807) is 12.1 Å². The number of nitro groups is 1. The Morgan fingerprint density at radius 2 is 2.24 bits per heavy atom. The van der Waals surface area contributed by atoms with Crippen molar-refractivity contribution in [2.75, 3.05) is 18.0 Å². The average Bonchev–Trinajstić information content (AvgIpc) is 2.70. The summed E-state index contributed by atoms with van der Waals surface area (Å²) in [4.78, 5) is 12.8. The van der Waals surface area contributed by atoms with E-state index in [1.165, 1.54) is 0 Å². The molecule has 2 rings (SSSR count). The number of hydrogen-bond donors (Lipinski definition) is 1. The molecule has 1 aromatic rings. The van der Waals surface area contributed by atoms with Gasteiger partial charge in [-0.25, -0.2) is 0 Å². The smallest absolute Gasteiger partial charge is 0.292 e. The lowest BCUT2D eigenvalue weighted by Crippen LogP contribution is -2.28. The molecule has 0 bridgehead atoms. The van der Waals surface area contributed by atoms with E-state index in [4.69, 9.17) is 5.73 Å². The first-order chi connectivity index (χ1) is 8.13. The summed E-state index contributed by atoms with van der Waals surface area (Å²) >= 11 is 0. The zero-order chi connectivity index (χ0) is 12.4. The van der Waals surface area contributed by atoms with Crippen LogP contribution in [0.3, 0.4) is 0 Å². The Bertz CT molecular complexity index is 422. The Hall–Kier alpha value is -1.62. The van der Waals surface area contributed by atoms with Crippen LogP contribution < -0.4 is 10.6 Å². The molecule has 1 fully saturated rings. The van der Waals surface area contributed by atoms with Crippen molar-refractivity contribution in [1.29, 1.82) is 0 Å². The molecule has 2 atom stereocenters. The Morgan fingerprint density at radius 1 is 1.53 bits per heavy atom. The molecule has 2 N–H and O–H groups in total. The van der Waals surface area contributed by atoms with E-state index in [9.17, 15) is 10.1 Å². The van der Waals surface area contributed by atoms with Crippen LogP contribution in [0.25, 0.3) is 0 Å². The van der Waals surface area contributed by atoms with Crippen LogP contribution in [0.5, 0.6) is 0 Å². The van der Waals surface area contributed by atoms with E-state index in [2.05, 4.69) is 11.8 Å². The molecular formula is C12H17N3O2.